The second-order valence-corrected chi connectivity index (χ2v) is 12.6. The molecule has 0 aliphatic heterocycles. The molecule has 9 heteroatoms. The number of benzene rings is 6. The van der Waals surface area contributed by atoms with Crippen molar-refractivity contribution in [3.8, 4) is 40.2 Å². The fourth-order valence-corrected chi connectivity index (χ4v) is 7.29. The smallest absolute Gasteiger partial charge is 0.238 e. The van der Waals surface area contributed by atoms with Crippen molar-refractivity contribution in [2.45, 2.75) is 4.90 Å². The topological polar surface area (TPSA) is 97.9 Å². The van der Waals surface area contributed by atoms with Gasteiger partial charge in [-0.1, -0.05) is 97.1 Å². The Morgan fingerprint density at radius 1 is 0.551 bits per heavy atom. The number of ether oxygens (including phenoxy) is 1. The highest BCUT2D eigenvalue weighted by Crippen LogP contribution is 2.40. The van der Waals surface area contributed by atoms with Crippen molar-refractivity contribution < 1.29 is 13.5 Å². The summed E-state index contributed by atoms with van der Waals surface area (Å²) in [5, 5.41) is 4.09. The molecule has 49 heavy (non-hydrogen) atoms. The van der Waals surface area contributed by atoms with Crippen LogP contribution in [0.25, 0.3) is 78.0 Å². The number of hydrogen-bond donors (Lipinski definition) is 0. The van der Waals surface area contributed by atoms with Crippen molar-refractivity contribution in [2.24, 2.45) is 0 Å². The van der Waals surface area contributed by atoms with Gasteiger partial charge in [-0.2, -0.15) is 9.97 Å². The fourth-order valence-electron chi connectivity index (χ4n) is 6.76. The highest BCUT2D eigenvalue weighted by atomic mass is 32.2. The van der Waals surface area contributed by atoms with E-state index in [1.807, 2.05) is 91.0 Å². The van der Waals surface area contributed by atoms with Crippen LogP contribution < -0.4 is 4.74 Å². The molecule has 9 rings (SSSR count). The summed E-state index contributed by atoms with van der Waals surface area (Å²) in [7, 11) is 1.47. The minimum absolute atomic E-state index is 0.0990. The molecular weight excluding hydrogens is 631 g/mol. The van der Waals surface area contributed by atoms with Gasteiger partial charge in [-0.15, -0.1) is 0 Å². The van der Waals surface area contributed by atoms with Gasteiger partial charge in [-0.3, -0.25) is 8.78 Å². The predicted molar refractivity (Wildman–Crippen MR) is 193 cm³/mol. The maximum atomic E-state index is 12.2. The lowest BCUT2D eigenvalue weighted by atomic mass is 10.1. The Morgan fingerprint density at radius 3 is 1.61 bits per heavy atom. The molecule has 9 aromatic rings. The van der Waals surface area contributed by atoms with E-state index in [1.165, 1.54) is 7.11 Å². The third-order valence-electron chi connectivity index (χ3n) is 8.94. The van der Waals surface area contributed by atoms with Crippen LogP contribution in [0.5, 0.6) is 5.75 Å². The Bertz CT molecular complexity index is 2680. The van der Waals surface area contributed by atoms with E-state index in [-0.39, 0.29) is 4.90 Å². The maximum Gasteiger partial charge on any atom is 0.238 e. The van der Waals surface area contributed by atoms with Gasteiger partial charge in [-0.25, -0.2) is 4.98 Å². The first-order chi connectivity index (χ1) is 24.1. The summed E-state index contributed by atoms with van der Waals surface area (Å²) in [5.74, 6) is 1.98. The van der Waals surface area contributed by atoms with E-state index in [2.05, 4.69) is 45.5 Å². The number of aromatic nitrogens is 5. The van der Waals surface area contributed by atoms with Crippen LogP contribution in [-0.4, -0.2) is 40.0 Å². The van der Waals surface area contributed by atoms with Crippen molar-refractivity contribution in [3.63, 3.8) is 0 Å². The number of rotatable bonds is 6. The molecule has 0 aliphatic rings. The van der Waals surface area contributed by atoms with Gasteiger partial charge < -0.3 is 13.9 Å². The molecular formula is C40H26N5O3S-. The number of methoxy groups -OCH3 is 1. The average molecular weight is 657 g/mol. The summed E-state index contributed by atoms with van der Waals surface area (Å²) >= 11 is -2.48. The van der Waals surface area contributed by atoms with Gasteiger partial charge in [0.15, 0.2) is 11.6 Å². The molecule has 0 radical (unpaired) electrons. The molecule has 0 aliphatic carbocycles. The SMILES string of the molecule is COc1ccc(-n2c3ccccc3c3cc4c(cc32)c2ccccc2n4-c2nc(-c3ccccc3)nc(-c3ccccc3)n2)cc1S(=O)[O-]. The lowest BCUT2D eigenvalue weighted by molar-refractivity contribution is 0.401. The van der Waals surface area contributed by atoms with Crippen LogP contribution in [0.4, 0.5) is 0 Å². The summed E-state index contributed by atoms with van der Waals surface area (Å²) in [6.07, 6.45) is 0. The van der Waals surface area contributed by atoms with Crippen LogP contribution in [0.3, 0.4) is 0 Å². The third kappa shape index (κ3) is 4.70. The Morgan fingerprint density at radius 2 is 1.06 bits per heavy atom. The van der Waals surface area contributed by atoms with Gasteiger partial charge in [0.1, 0.15) is 5.75 Å². The zero-order valence-electron chi connectivity index (χ0n) is 26.1. The zero-order chi connectivity index (χ0) is 33.1. The Hall–Kier alpha value is -6.16. The van der Waals surface area contributed by atoms with Crippen molar-refractivity contribution >= 4 is 54.7 Å². The molecule has 0 amide bonds. The van der Waals surface area contributed by atoms with E-state index < -0.39 is 11.1 Å². The summed E-state index contributed by atoms with van der Waals surface area (Å²) in [4.78, 5) is 15.2. The molecule has 3 aromatic heterocycles. The lowest BCUT2D eigenvalue weighted by Crippen LogP contribution is -2.06. The van der Waals surface area contributed by atoms with Gasteiger partial charge in [0, 0.05) is 38.4 Å². The van der Waals surface area contributed by atoms with Gasteiger partial charge in [0.2, 0.25) is 5.95 Å². The molecule has 1 atom stereocenters. The number of nitrogens with zero attached hydrogens (tertiary/aromatic N) is 5. The van der Waals surface area contributed by atoms with Gasteiger partial charge in [-0.05, 0) is 53.5 Å². The molecule has 0 spiro atoms. The summed E-state index contributed by atoms with van der Waals surface area (Å²) in [6, 6.07) is 45.9. The summed E-state index contributed by atoms with van der Waals surface area (Å²) in [6.45, 7) is 0. The quantitative estimate of drug-likeness (QED) is 0.166. The van der Waals surface area contributed by atoms with Gasteiger partial charge >= 0.3 is 0 Å². The van der Waals surface area contributed by atoms with E-state index in [4.69, 9.17) is 19.7 Å². The van der Waals surface area contributed by atoms with E-state index >= 15 is 0 Å². The van der Waals surface area contributed by atoms with Crippen molar-refractivity contribution in [2.75, 3.05) is 7.11 Å². The molecule has 8 nitrogen and oxygen atoms in total. The molecule has 236 valence electrons. The minimum atomic E-state index is -2.48. The first-order valence-corrected chi connectivity index (χ1v) is 16.8. The molecule has 0 saturated heterocycles. The van der Waals surface area contributed by atoms with E-state index in [1.54, 1.807) is 12.1 Å². The Labute approximate surface area is 283 Å². The molecule has 3 heterocycles. The number of para-hydroxylation sites is 2. The van der Waals surface area contributed by atoms with Gasteiger partial charge in [0.05, 0.1) is 34.1 Å². The highest BCUT2D eigenvalue weighted by molar-refractivity contribution is 7.79. The van der Waals surface area contributed by atoms with Crippen LogP contribution in [0, 0.1) is 0 Å². The predicted octanol–water partition coefficient (Wildman–Crippen LogP) is 8.65. The molecule has 0 saturated carbocycles. The Balaban J connectivity index is 1.37. The zero-order valence-corrected chi connectivity index (χ0v) is 27.0. The monoisotopic (exact) mass is 656 g/mol. The Kier molecular flexibility index (Phi) is 6.82. The second-order valence-electron chi connectivity index (χ2n) is 11.7. The van der Waals surface area contributed by atoms with Crippen LogP contribution in [0.15, 0.2) is 144 Å². The van der Waals surface area contributed by atoms with E-state index in [0.29, 0.717) is 29.0 Å². The standard InChI is InChI=1S/C40H27N5O3S/c1-48-36-21-20-27(22-37(36)49(46)47)44-32-18-10-8-16-28(32)30-24-35-31(23-34(30)44)29-17-9-11-19-33(29)45(35)40-42-38(25-12-4-2-5-13-25)41-39(43-40)26-14-6-3-7-15-26/h2-24H,1H3,(H,46,47)/p-1. The molecule has 1 unspecified atom stereocenters. The maximum absolute atomic E-state index is 12.2. The molecule has 0 bridgehead atoms. The van der Waals surface area contributed by atoms with Crippen LogP contribution in [0.1, 0.15) is 0 Å². The largest absolute Gasteiger partial charge is 0.768 e. The second kappa shape index (κ2) is 11.5. The molecule has 0 N–H and O–H groups in total. The number of hydrogen-bond acceptors (Lipinski definition) is 6. The summed E-state index contributed by atoms with van der Waals surface area (Å²) in [5.41, 5.74) is 6.30. The van der Waals surface area contributed by atoms with Crippen LogP contribution in [0.2, 0.25) is 0 Å². The lowest BCUT2D eigenvalue weighted by Gasteiger charge is -2.15. The first kappa shape index (κ1) is 29.0. The van der Waals surface area contributed by atoms with E-state index in [9.17, 15) is 8.76 Å². The van der Waals surface area contributed by atoms with Gasteiger partial charge in [0.25, 0.3) is 0 Å². The van der Waals surface area contributed by atoms with E-state index in [0.717, 1.165) is 54.7 Å². The van der Waals surface area contributed by atoms with Crippen LogP contribution in [-0.2, 0) is 11.1 Å². The van der Waals surface area contributed by atoms with Crippen LogP contribution >= 0.6 is 0 Å². The minimum Gasteiger partial charge on any atom is -0.768 e. The average Bonchev–Trinajstić information content (AvgIpc) is 3.66. The molecule has 0 fully saturated rings. The fraction of sp³-hybridized carbons (Fsp3) is 0.0250. The van der Waals surface area contributed by atoms with Crippen molar-refractivity contribution in [1.82, 2.24) is 24.1 Å². The highest BCUT2D eigenvalue weighted by Gasteiger charge is 2.21. The first-order valence-electron chi connectivity index (χ1n) is 15.7. The normalized spacial score (nSPS) is 12.3. The van der Waals surface area contributed by atoms with Crippen molar-refractivity contribution in [1.29, 1.82) is 0 Å². The molecule has 6 aromatic carbocycles. The third-order valence-corrected chi connectivity index (χ3v) is 9.62. The van der Waals surface area contributed by atoms with Crippen molar-refractivity contribution in [3.05, 3.63) is 140 Å². The summed E-state index contributed by atoms with van der Waals surface area (Å²) < 4.78 is 34.0. The number of fused-ring (bicyclic) bond motifs is 6.